The first-order valence-electron chi connectivity index (χ1n) is 9.91. The Kier molecular flexibility index (Phi) is 5.88. The molecule has 148 valence electrons. The van der Waals surface area contributed by atoms with Crippen LogP contribution in [0.2, 0.25) is 0 Å². The summed E-state index contributed by atoms with van der Waals surface area (Å²) in [6.07, 6.45) is 2.20. The van der Waals surface area contributed by atoms with Gasteiger partial charge in [-0.05, 0) is 62.8 Å². The van der Waals surface area contributed by atoms with Crippen LogP contribution in [0.4, 0.5) is 4.39 Å². The topological polar surface area (TPSA) is 53.2 Å². The average molecular weight is 382 g/mol. The first-order chi connectivity index (χ1) is 13.7. The zero-order valence-corrected chi connectivity index (χ0v) is 16.2. The lowest BCUT2D eigenvalue weighted by Gasteiger charge is -2.32. The molecule has 28 heavy (non-hydrogen) atoms. The van der Waals surface area contributed by atoms with Crippen molar-refractivity contribution >= 4 is 11.0 Å². The van der Waals surface area contributed by atoms with E-state index >= 15 is 0 Å². The number of hydrogen-bond donors (Lipinski definition) is 2. The smallest absolute Gasteiger partial charge is 0.129 e. The van der Waals surface area contributed by atoms with Gasteiger partial charge in [-0.2, -0.15) is 0 Å². The highest BCUT2D eigenvalue weighted by Gasteiger charge is 2.24. The molecule has 2 aromatic carbocycles. The van der Waals surface area contributed by atoms with Gasteiger partial charge in [0.1, 0.15) is 24.9 Å². The number of benzene rings is 2. The normalized spacial score (nSPS) is 17.1. The summed E-state index contributed by atoms with van der Waals surface area (Å²) in [5.41, 5.74) is 3.05. The highest BCUT2D eigenvalue weighted by Crippen LogP contribution is 2.27. The van der Waals surface area contributed by atoms with Gasteiger partial charge in [0.15, 0.2) is 0 Å². The number of nitrogens with zero attached hydrogens (tertiary/aromatic N) is 2. The van der Waals surface area contributed by atoms with Crippen LogP contribution in [0.25, 0.3) is 11.0 Å². The lowest BCUT2D eigenvalue weighted by Crippen LogP contribution is -2.42. The molecular weight excluding hydrogens is 355 g/mol. The minimum absolute atomic E-state index is 0.0706. The second kappa shape index (κ2) is 8.71. The molecule has 0 amide bonds. The van der Waals surface area contributed by atoms with E-state index in [1.165, 1.54) is 0 Å². The largest absolute Gasteiger partial charge is 0.491 e. The zero-order chi connectivity index (χ0) is 19.3. The first-order valence-corrected chi connectivity index (χ1v) is 9.91. The number of rotatable bonds is 7. The molecule has 1 unspecified atom stereocenters. The number of fused-ring (bicyclic) bond motifs is 1. The summed E-state index contributed by atoms with van der Waals surface area (Å²) in [5.74, 6) is 1.57. The van der Waals surface area contributed by atoms with Crippen LogP contribution in [-0.2, 0) is 0 Å². The van der Waals surface area contributed by atoms with Gasteiger partial charge in [0.2, 0.25) is 0 Å². The fourth-order valence-electron chi connectivity index (χ4n) is 3.79. The van der Waals surface area contributed by atoms with Gasteiger partial charge < -0.3 is 19.9 Å². The maximum Gasteiger partial charge on any atom is 0.129 e. The van der Waals surface area contributed by atoms with Gasteiger partial charge in [0.05, 0.1) is 17.1 Å². The van der Waals surface area contributed by atoms with Crippen LogP contribution in [0.5, 0.6) is 5.75 Å². The molecule has 1 aromatic heterocycles. The molecule has 1 aliphatic rings. The Labute approximate surface area is 164 Å². The molecule has 0 aliphatic carbocycles. The molecule has 4 rings (SSSR count). The van der Waals surface area contributed by atoms with Crippen LogP contribution in [0.3, 0.4) is 0 Å². The van der Waals surface area contributed by atoms with E-state index in [0.717, 1.165) is 48.4 Å². The van der Waals surface area contributed by atoms with E-state index in [2.05, 4.69) is 28.3 Å². The molecule has 2 heterocycles. The highest BCUT2D eigenvalue weighted by atomic mass is 19.1. The summed E-state index contributed by atoms with van der Waals surface area (Å²) < 4.78 is 18.0. The monoisotopic (exact) mass is 382 g/mol. The van der Waals surface area contributed by atoms with Crippen molar-refractivity contribution in [3.8, 4) is 5.75 Å². The maximum atomic E-state index is 12.5. The van der Waals surface area contributed by atoms with Crippen LogP contribution in [0.15, 0.2) is 48.5 Å². The van der Waals surface area contributed by atoms with Gasteiger partial charge in [-0.1, -0.05) is 24.3 Å². The van der Waals surface area contributed by atoms with Gasteiger partial charge in [-0.3, -0.25) is 0 Å². The van der Waals surface area contributed by atoms with Gasteiger partial charge in [0, 0.05) is 6.04 Å². The molecule has 6 heteroatoms. The molecule has 2 N–H and O–H groups in total. The van der Waals surface area contributed by atoms with Crippen LogP contribution >= 0.6 is 0 Å². The number of ether oxygens (including phenoxy) is 1. The number of likely N-dealkylation sites (tertiary alicyclic amines) is 1. The summed E-state index contributed by atoms with van der Waals surface area (Å²) >= 11 is 0. The summed E-state index contributed by atoms with van der Waals surface area (Å²) in [5, 5.41) is 3.80. The molecule has 3 aromatic rings. The Balaban J connectivity index is 1.64. The van der Waals surface area contributed by atoms with Crippen molar-refractivity contribution < 1.29 is 9.13 Å². The summed E-state index contributed by atoms with van der Waals surface area (Å²) in [7, 11) is 2.17. The van der Waals surface area contributed by atoms with Crippen molar-refractivity contribution in [1.82, 2.24) is 20.2 Å². The number of halogens is 1. The third-order valence-corrected chi connectivity index (χ3v) is 5.34. The number of para-hydroxylation sites is 2. The fraction of sp³-hybridized carbons (Fsp3) is 0.409. The Morgan fingerprint density at radius 1 is 1.21 bits per heavy atom. The van der Waals surface area contributed by atoms with Gasteiger partial charge in [-0.15, -0.1) is 0 Å². The first kappa shape index (κ1) is 18.9. The Morgan fingerprint density at radius 2 is 2.04 bits per heavy atom. The van der Waals surface area contributed by atoms with Crippen molar-refractivity contribution in [2.24, 2.45) is 0 Å². The van der Waals surface area contributed by atoms with Gasteiger partial charge >= 0.3 is 0 Å². The lowest BCUT2D eigenvalue weighted by molar-refractivity contribution is 0.228. The molecule has 0 radical (unpaired) electrons. The number of aromatic nitrogens is 2. The van der Waals surface area contributed by atoms with Crippen molar-refractivity contribution in [1.29, 1.82) is 0 Å². The molecule has 1 atom stereocenters. The van der Waals surface area contributed by atoms with E-state index in [4.69, 9.17) is 9.72 Å². The van der Waals surface area contributed by atoms with E-state index in [1.54, 1.807) is 0 Å². The minimum atomic E-state index is -0.495. The van der Waals surface area contributed by atoms with E-state index < -0.39 is 6.67 Å². The van der Waals surface area contributed by atoms with E-state index in [0.29, 0.717) is 11.8 Å². The van der Waals surface area contributed by atoms with Crippen LogP contribution in [0.1, 0.15) is 30.3 Å². The predicted octanol–water partition coefficient (Wildman–Crippen LogP) is 3.68. The van der Waals surface area contributed by atoms with Crippen molar-refractivity contribution in [2.75, 3.05) is 33.4 Å². The Morgan fingerprint density at radius 3 is 2.82 bits per heavy atom. The third-order valence-electron chi connectivity index (χ3n) is 5.34. The highest BCUT2D eigenvalue weighted by molar-refractivity contribution is 5.75. The molecule has 1 aliphatic heterocycles. The molecular formula is C22H27FN4O. The van der Waals surface area contributed by atoms with E-state index in [1.807, 2.05) is 42.5 Å². The molecule has 0 spiro atoms. The standard InChI is InChI=1S/C22H27FN4O/c1-27-12-9-17(10-13-27)24-21(16-5-4-6-18(15-16)28-14-11-23)22-25-19-7-2-3-8-20(19)26-22/h2-8,15,17,21,24H,9-14H2,1H3,(H,25,26). The average Bonchev–Trinajstić information content (AvgIpc) is 3.16. The second-order valence-corrected chi connectivity index (χ2v) is 7.43. The van der Waals surface area contributed by atoms with Crippen LogP contribution in [0, 0.1) is 0 Å². The van der Waals surface area contributed by atoms with Crippen LogP contribution < -0.4 is 10.1 Å². The van der Waals surface area contributed by atoms with Gasteiger partial charge in [0.25, 0.3) is 0 Å². The summed E-state index contributed by atoms with van der Waals surface area (Å²) in [4.78, 5) is 10.7. The van der Waals surface area contributed by atoms with Crippen molar-refractivity contribution in [2.45, 2.75) is 24.9 Å². The Bertz CT molecular complexity index is 871. The SMILES string of the molecule is CN1CCC(NC(c2cccc(OCCF)c2)c2nc3ccccc3[nH]2)CC1. The minimum Gasteiger partial charge on any atom is -0.491 e. The molecule has 5 nitrogen and oxygen atoms in total. The fourth-order valence-corrected chi connectivity index (χ4v) is 3.79. The maximum absolute atomic E-state index is 12.5. The predicted molar refractivity (Wildman–Crippen MR) is 110 cm³/mol. The number of aromatic amines is 1. The number of piperidine rings is 1. The van der Waals surface area contributed by atoms with Gasteiger partial charge in [-0.25, -0.2) is 9.37 Å². The van der Waals surface area contributed by atoms with E-state index in [-0.39, 0.29) is 12.6 Å². The number of alkyl halides is 1. The number of imidazole rings is 1. The Hall–Kier alpha value is -2.44. The zero-order valence-electron chi connectivity index (χ0n) is 16.2. The van der Waals surface area contributed by atoms with Crippen molar-refractivity contribution in [3.63, 3.8) is 0 Å². The molecule has 1 saturated heterocycles. The third kappa shape index (κ3) is 4.34. The second-order valence-electron chi connectivity index (χ2n) is 7.43. The number of nitrogens with one attached hydrogen (secondary N) is 2. The summed E-state index contributed by atoms with van der Waals surface area (Å²) in [6, 6.07) is 16.3. The van der Waals surface area contributed by atoms with Crippen LogP contribution in [-0.4, -0.2) is 54.3 Å². The van der Waals surface area contributed by atoms with Crippen molar-refractivity contribution in [3.05, 3.63) is 59.9 Å². The number of hydrogen-bond acceptors (Lipinski definition) is 4. The lowest BCUT2D eigenvalue weighted by atomic mass is 10.0. The number of H-pyrrole nitrogens is 1. The molecule has 0 saturated carbocycles. The van der Waals surface area contributed by atoms with E-state index in [9.17, 15) is 4.39 Å². The molecule has 0 bridgehead atoms. The summed E-state index contributed by atoms with van der Waals surface area (Å²) in [6.45, 7) is 1.75. The molecule has 1 fully saturated rings. The quantitative estimate of drug-likeness (QED) is 0.654.